The maximum atomic E-state index is 12.2. The van der Waals surface area contributed by atoms with Crippen LogP contribution in [0, 0.1) is 0 Å². The summed E-state index contributed by atoms with van der Waals surface area (Å²) in [4.78, 5) is 12.2. The molecule has 2 aromatic carbocycles. The average molecular weight is 332 g/mol. The summed E-state index contributed by atoms with van der Waals surface area (Å²) in [5.74, 6) is 1.70. The zero-order chi connectivity index (χ0) is 16.2. The molecule has 23 heavy (non-hydrogen) atoms. The Balaban J connectivity index is 1.71. The molecule has 1 N–H and O–H groups in total. The molecule has 1 aliphatic rings. The van der Waals surface area contributed by atoms with Crippen molar-refractivity contribution in [2.45, 2.75) is 0 Å². The largest absolute Gasteiger partial charge is 0.495 e. The van der Waals surface area contributed by atoms with Gasteiger partial charge in [-0.05, 0) is 36.4 Å². The number of hydrogen-bond acceptors (Lipinski definition) is 5. The fraction of sp³-hybridized carbons (Fsp3) is 0.118. The Labute approximate surface area is 138 Å². The van der Waals surface area contributed by atoms with Crippen molar-refractivity contribution in [3.8, 4) is 17.2 Å². The van der Waals surface area contributed by atoms with Gasteiger partial charge in [-0.1, -0.05) is 11.6 Å². The van der Waals surface area contributed by atoms with Crippen LogP contribution < -0.4 is 19.5 Å². The number of ether oxygens (including phenoxy) is 3. The number of fused-ring (bicyclic) bond motifs is 1. The van der Waals surface area contributed by atoms with Crippen molar-refractivity contribution >= 4 is 23.1 Å². The number of rotatable bonds is 5. The number of nitrogens with one attached hydrogen (secondary N) is 1. The van der Waals surface area contributed by atoms with Crippen LogP contribution in [0.1, 0.15) is 10.4 Å². The molecule has 0 unspecified atom stereocenters. The lowest BCUT2D eigenvalue weighted by molar-refractivity contribution is 0.104. The highest BCUT2D eigenvalue weighted by atomic mass is 35.5. The molecule has 0 fully saturated rings. The topological polar surface area (TPSA) is 56.8 Å². The third kappa shape index (κ3) is 3.40. The SMILES string of the molecule is COc1ccc(Cl)cc1NC=CC(=O)c1ccc2c(c1)OCO2. The highest BCUT2D eigenvalue weighted by Crippen LogP contribution is 2.32. The van der Waals surface area contributed by atoms with E-state index in [1.807, 2.05) is 0 Å². The Kier molecular flexibility index (Phi) is 4.39. The predicted molar refractivity (Wildman–Crippen MR) is 87.7 cm³/mol. The van der Waals surface area contributed by atoms with E-state index in [0.29, 0.717) is 33.5 Å². The number of methoxy groups -OCH3 is 1. The Morgan fingerprint density at radius 2 is 2.04 bits per heavy atom. The van der Waals surface area contributed by atoms with Gasteiger partial charge in [0.05, 0.1) is 12.8 Å². The summed E-state index contributed by atoms with van der Waals surface area (Å²) in [6.45, 7) is 0.179. The molecule has 0 bridgehead atoms. The van der Waals surface area contributed by atoms with Crippen molar-refractivity contribution in [3.63, 3.8) is 0 Å². The smallest absolute Gasteiger partial charge is 0.231 e. The van der Waals surface area contributed by atoms with Crippen LogP contribution in [0.5, 0.6) is 17.2 Å². The predicted octanol–water partition coefficient (Wildman–Crippen LogP) is 3.89. The van der Waals surface area contributed by atoms with E-state index < -0.39 is 0 Å². The number of benzene rings is 2. The first kappa shape index (κ1) is 15.2. The zero-order valence-electron chi connectivity index (χ0n) is 12.3. The van der Waals surface area contributed by atoms with E-state index in [4.69, 9.17) is 25.8 Å². The minimum Gasteiger partial charge on any atom is -0.495 e. The van der Waals surface area contributed by atoms with Crippen molar-refractivity contribution in [2.75, 3.05) is 19.2 Å². The van der Waals surface area contributed by atoms with Gasteiger partial charge in [-0.3, -0.25) is 4.79 Å². The van der Waals surface area contributed by atoms with Gasteiger partial charge in [0.1, 0.15) is 5.75 Å². The Hall–Kier alpha value is -2.66. The molecule has 0 amide bonds. The van der Waals surface area contributed by atoms with Crippen LogP contribution >= 0.6 is 11.6 Å². The molecule has 0 aliphatic carbocycles. The molecule has 6 heteroatoms. The molecule has 0 radical (unpaired) electrons. The van der Waals surface area contributed by atoms with Gasteiger partial charge in [-0.15, -0.1) is 0 Å². The van der Waals surface area contributed by atoms with Crippen molar-refractivity contribution < 1.29 is 19.0 Å². The molecule has 0 spiro atoms. The molecule has 118 valence electrons. The van der Waals surface area contributed by atoms with E-state index in [1.165, 1.54) is 6.08 Å². The monoisotopic (exact) mass is 331 g/mol. The first-order valence-corrected chi connectivity index (χ1v) is 7.26. The quantitative estimate of drug-likeness (QED) is 0.665. The lowest BCUT2D eigenvalue weighted by Gasteiger charge is -2.08. The highest BCUT2D eigenvalue weighted by Gasteiger charge is 2.15. The lowest BCUT2D eigenvalue weighted by Crippen LogP contribution is -1.97. The van der Waals surface area contributed by atoms with Crippen molar-refractivity contribution in [1.82, 2.24) is 0 Å². The van der Waals surface area contributed by atoms with E-state index in [0.717, 1.165) is 0 Å². The summed E-state index contributed by atoms with van der Waals surface area (Å²) in [5.41, 5.74) is 1.19. The van der Waals surface area contributed by atoms with Gasteiger partial charge < -0.3 is 19.5 Å². The second-order valence-corrected chi connectivity index (χ2v) is 5.19. The second-order valence-electron chi connectivity index (χ2n) is 4.75. The first-order chi connectivity index (χ1) is 11.2. The van der Waals surface area contributed by atoms with Crippen LogP contribution in [-0.4, -0.2) is 19.7 Å². The lowest BCUT2D eigenvalue weighted by atomic mass is 10.1. The summed E-state index contributed by atoms with van der Waals surface area (Å²) < 4.78 is 15.7. The molecule has 3 rings (SSSR count). The van der Waals surface area contributed by atoms with Gasteiger partial charge in [0.2, 0.25) is 6.79 Å². The molecule has 0 atom stereocenters. The summed E-state index contributed by atoms with van der Waals surface area (Å²) in [7, 11) is 1.57. The number of anilines is 1. The molecule has 0 saturated heterocycles. The van der Waals surface area contributed by atoms with Gasteiger partial charge in [0, 0.05) is 22.9 Å². The van der Waals surface area contributed by atoms with Crippen LogP contribution in [0.3, 0.4) is 0 Å². The maximum absolute atomic E-state index is 12.2. The molecule has 1 aliphatic heterocycles. The van der Waals surface area contributed by atoms with Crippen molar-refractivity contribution in [3.05, 3.63) is 59.3 Å². The fourth-order valence-electron chi connectivity index (χ4n) is 2.15. The van der Waals surface area contributed by atoms with Crippen LogP contribution in [0.15, 0.2) is 48.7 Å². The van der Waals surface area contributed by atoms with Gasteiger partial charge in [-0.2, -0.15) is 0 Å². The second kappa shape index (κ2) is 6.62. The zero-order valence-corrected chi connectivity index (χ0v) is 13.1. The number of carbonyl (C=O) groups is 1. The molecule has 5 nitrogen and oxygen atoms in total. The number of halogens is 1. The third-order valence-electron chi connectivity index (χ3n) is 3.29. The highest BCUT2D eigenvalue weighted by molar-refractivity contribution is 6.30. The van der Waals surface area contributed by atoms with Gasteiger partial charge in [-0.25, -0.2) is 0 Å². The standard InChI is InChI=1S/C17H14ClNO4/c1-21-15-5-3-12(18)9-13(15)19-7-6-14(20)11-2-4-16-17(8-11)23-10-22-16/h2-9,19H,10H2,1H3. The summed E-state index contributed by atoms with van der Waals surface area (Å²) in [6.07, 6.45) is 2.97. The molecule has 2 aromatic rings. The van der Waals surface area contributed by atoms with Crippen LogP contribution in [0.25, 0.3) is 0 Å². The van der Waals surface area contributed by atoms with E-state index in [1.54, 1.807) is 49.7 Å². The Morgan fingerprint density at radius 1 is 1.22 bits per heavy atom. The minimum absolute atomic E-state index is 0.156. The number of allylic oxidation sites excluding steroid dienone is 1. The first-order valence-electron chi connectivity index (χ1n) is 6.88. The van der Waals surface area contributed by atoms with Crippen molar-refractivity contribution in [2.24, 2.45) is 0 Å². The van der Waals surface area contributed by atoms with Gasteiger partial charge in [0.25, 0.3) is 0 Å². The number of hydrogen-bond donors (Lipinski definition) is 1. The minimum atomic E-state index is -0.156. The normalized spacial score (nSPS) is 12.4. The van der Waals surface area contributed by atoms with Crippen LogP contribution in [0.2, 0.25) is 5.02 Å². The van der Waals surface area contributed by atoms with Crippen LogP contribution in [-0.2, 0) is 0 Å². The number of carbonyl (C=O) groups excluding carboxylic acids is 1. The molecular formula is C17H14ClNO4. The Bertz CT molecular complexity index is 773. The third-order valence-corrected chi connectivity index (χ3v) is 3.53. The Morgan fingerprint density at radius 3 is 2.87 bits per heavy atom. The van der Waals surface area contributed by atoms with Crippen LogP contribution in [0.4, 0.5) is 5.69 Å². The molecular weight excluding hydrogens is 318 g/mol. The number of ketones is 1. The van der Waals surface area contributed by atoms with E-state index in [2.05, 4.69) is 5.32 Å². The van der Waals surface area contributed by atoms with E-state index in [-0.39, 0.29) is 12.6 Å². The maximum Gasteiger partial charge on any atom is 0.231 e. The average Bonchev–Trinajstić information content (AvgIpc) is 3.02. The molecule has 0 saturated carbocycles. The molecule has 1 heterocycles. The van der Waals surface area contributed by atoms with Crippen molar-refractivity contribution in [1.29, 1.82) is 0 Å². The van der Waals surface area contributed by atoms with E-state index in [9.17, 15) is 4.79 Å². The molecule has 0 aromatic heterocycles. The van der Waals surface area contributed by atoms with E-state index >= 15 is 0 Å². The van der Waals surface area contributed by atoms with Gasteiger partial charge in [0.15, 0.2) is 17.3 Å². The summed E-state index contributed by atoms with van der Waals surface area (Å²) in [5, 5.41) is 3.56. The summed E-state index contributed by atoms with van der Waals surface area (Å²) in [6, 6.07) is 10.3. The fourth-order valence-corrected chi connectivity index (χ4v) is 2.32. The van der Waals surface area contributed by atoms with Gasteiger partial charge >= 0.3 is 0 Å². The summed E-state index contributed by atoms with van der Waals surface area (Å²) >= 11 is 5.95.